The number of unbranched alkanes of at least 4 members (excludes halogenated alkanes) is 1. The molecule has 1 atom stereocenters. The molecular weight excluding hydrogens is 272 g/mol. The summed E-state index contributed by atoms with van der Waals surface area (Å²) in [5.74, 6) is 3.93. The number of nitrogens with zero attached hydrogens (tertiary/aromatic N) is 2. The van der Waals surface area contributed by atoms with Gasteiger partial charge in [0.15, 0.2) is 0 Å². The Bertz CT molecular complexity index is 437. The lowest BCUT2D eigenvalue weighted by Crippen LogP contribution is -2.54. The third kappa shape index (κ3) is 3.27. The quantitative estimate of drug-likeness (QED) is 0.729. The largest absolute Gasteiger partial charge is 0.358 e. The highest BCUT2D eigenvalue weighted by Crippen LogP contribution is 2.36. The standard InChI is InChI=1S/C15H28N2O2S/c1-4-6-9-16-10-7-15(8-11-16)17(12-13-19-15)20(3,18)14-5-2/h5,14H,3-4,6-13H2,1-2H3/b14-5+. The molecule has 0 aromatic rings. The number of hydrogen-bond donors (Lipinski definition) is 0. The molecule has 0 amide bonds. The van der Waals surface area contributed by atoms with Gasteiger partial charge >= 0.3 is 0 Å². The second kappa shape index (κ2) is 6.60. The Kier molecular flexibility index (Phi) is 5.29. The summed E-state index contributed by atoms with van der Waals surface area (Å²) in [4.78, 5) is 2.50. The Balaban J connectivity index is 2.04. The molecule has 0 saturated carbocycles. The molecular formula is C15H28N2O2S. The van der Waals surface area contributed by atoms with Crippen molar-refractivity contribution in [3.05, 3.63) is 11.5 Å². The van der Waals surface area contributed by atoms with E-state index in [-0.39, 0.29) is 5.72 Å². The Morgan fingerprint density at radius 1 is 1.35 bits per heavy atom. The first-order valence-electron chi connectivity index (χ1n) is 7.68. The molecule has 0 bridgehead atoms. The van der Waals surface area contributed by atoms with Gasteiger partial charge in [0.1, 0.15) is 5.72 Å². The first-order valence-corrected chi connectivity index (χ1v) is 9.43. The number of likely N-dealkylation sites (tertiary alicyclic amines) is 1. The van der Waals surface area contributed by atoms with Crippen LogP contribution in [0.15, 0.2) is 11.5 Å². The van der Waals surface area contributed by atoms with Crippen molar-refractivity contribution in [1.29, 1.82) is 0 Å². The summed E-state index contributed by atoms with van der Waals surface area (Å²) >= 11 is 0. The fourth-order valence-corrected chi connectivity index (χ4v) is 4.97. The number of rotatable bonds is 5. The first-order chi connectivity index (χ1) is 9.54. The van der Waals surface area contributed by atoms with Gasteiger partial charge in [0, 0.05) is 37.9 Å². The highest BCUT2D eigenvalue weighted by atomic mass is 32.2. The van der Waals surface area contributed by atoms with Crippen LogP contribution in [0, 0.1) is 0 Å². The summed E-state index contributed by atoms with van der Waals surface area (Å²) in [5.41, 5.74) is -0.346. The molecule has 1 spiro atoms. The van der Waals surface area contributed by atoms with Crippen LogP contribution < -0.4 is 0 Å². The van der Waals surface area contributed by atoms with Crippen LogP contribution in [0.25, 0.3) is 0 Å². The van der Waals surface area contributed by atoms with Gasteiger partial charge in [-0.1, -0.05) is 19.4 Å². The van der Waals surface area contributed by atoms with Crippen LogP contribution in [0.2, 0.25) is 0 Å². The Labute approximate surface area is 123 Å². The van der Waals surface area contributed by atoms with Gasteiger partial charge in [-0.2, -0.15) is 4.31 Å². The summed E-state index contributed by atoms with van der Waals surface area (Å²) < 4.78 is 20.8. The zero-order chi connectivity index (χ0) is 14.6. The van der Waals surface area contributed by atoms with E-state index in [4.69, 9.17) is 4.74 Å². The lowest BCUT2D eigenvalue weighted by atomic mass is 10.0. The van der Waals surface area contributed by atoms with E-state index in [1.165, 1.54) is 19.4 Å². The fraction of sp³-hybridized carbons (Fsp3) is 0.800. The molecule has 5 heteroatoms. The van der Waals surface area contributed by atoms with E-state index >= 15 is 0 Å². The van der Waals surface area contributed by atoms with Crippen molar-refractivity contribution >= 4 is 15.6 Å². The molecule has 2 fully saturated rings. The summed E-state index contributed by atoms with van der Waals surface area (Å²) in [5, 5.41) is 1.73. The topological polar surface area (TPSA) is 32.8 Å². The lowest BCUT2D eigenvalue weighted by Gasteiger charge is -2.43. The van der Waals surface area contributed by atoms with Crippen molar-refractivity contribution in [3.63, 3.8) is 0 Å². The highest BCUT2D eigenvalue weighted by Gasteiger charge is 2.47. The van der Waals surface area contributed by atoms with Gasteiger partial charge < -0.3 is 9.64 Å². The van der Waals surface area contributed by atoms with Gasteiger partial charge in [-0.25, -0.2) is 4.21 Å². The van der Waals surface area contributed by atoms with Gasteiger partial charge in [-0.15, -0.1) is 0 Å². The molecule has 0 aliphatic carbocycles. The van der Waals surface area contributed by atoms with Gasteiger partial charge in [0.25, 0.3) is 0 Å². The van der Waals surface area contributed by atoms with Gasteiger partial charge in [0.2, 0.25) is 0 Å². The van der Waals surface area contributed by atoms with E-state index in [0.717, 1.165) is 32.5 Å². The van der Waals surface area contributed by atoms with E-state index in [0.29, 0.717) is 6.61 Å². The van der Waals surface area contributed by atoms with Gasteiger partial charge in [-0.3, -0.25) is 0 Å². The van der Waals surface area contributed by atoms with Gasteiger partial charge in [-0.05, 0) is 25.8 Å². The molecule has 0 aromatic carbocycles. The maximum atomic E-state index is 12.7. The minimum absolute atomic E-state index is 0.346. The van der Waals surface area contributed by atoms with Crippen molar-refractivity contribution in [2.45, 2.75) is 45.3 Å². The Morgan fingerprint density at radius 3 is 2.65 bits per heavy atom. The number of ether oxygens (including phenoxy) is 1. The van der Waals surface area contributed by atoms with Crippen molar-refractivity contribution < 1.29 is 8.95 Å². The van der Waals surface area contributed by atoms with Crippen molar-refractivity contribution in [1.82, 2.24) is 9.21 Å². The normalized spacial score (nSPS) is 27.3. The minimum Gasteiger partial charge on any atom is -0.358 e. The number of piperidine rings is 1. The number of hydrogen-bond acceptors (Lipinski definition) is 3. The van der Waals surface area contributed by atoms with Crippen molar-refractivity contribution in [2.24, 2.45) is 0 Å². The molecule has 4 nitrogen and oxygen atoms in total. The maximum absolute atomic E-state index is 12.7. The maximum Gasteiger partial charge on any atom is 0.134 e. The van der Waals surface area contributed by atoms with Crippen molar-refractivity contribution in [2.75, 3.05) is 32.8 Å². The monoisotopic (exact) mass is 300 g/mol. The molecule has 2 rings (SSSR count). The minimum atomic E-state index is -2.34. The molecule has 0 aromatic heterocycles. The molecule has 0 radical (unpaired) electrons. The molecule has 0 N–H and O–H groups in total. The molecule has 2 saturated heterocycles. The van der Waals surface area contributed by atoms with E-state index in [1.807, 2.05) is 17.3 Å². The Hall–Kier alpha value is -0.360. The second-order valence-corrected chi connectivity index (χ2v) is 7.84. The second-order valence-electron chi connectivity index (χ2n) is 5.75. The average molecular weight is 300 g/mol. The molecule has 2 aliphatic rings. The third-order valence-electron chi connectivity index (χ3n) is 4.31. The molecule has 2 heterocycles. The summed E-state index contributed by atoms with van der Waals surface area (Å²) in [6, 6.07) is 0. The van der Waals surface area contributed by atoms with Crippen LogP contribution in [0.1, 0.15) is 39.5 Å². The molecule has 116 valence electrons. The Morgan fingerprint density at radius 2 is 2.05 bits per heavy atom. The summed E-state index contributed by atoms with van der Waals surface area (Å²) in [6.07, 6.45) is 6.18. The third-order valence-corrected chi connectivity index (χ3v) is 6.27. The number of allylic oxidation sites excluding steroid dienone is 1. The van der Waals surface area contributed by atoms with Crippen molar-refractivity contribution in [3.8, 4) is 0 Å². The van der Waals surface area contributed by atoms with E-state index in [9.17, 15) is 4.21 Å². The smallest absolute Gasteiger partial charge is 0.134 e. The van der Waals surface area contributed by atoms with Crippen LogP contribution in [-0.2, 0) is 14.4 Å². The molecule has 20 heavy (non-hydrogen) atoms. The predicted octanol–water partition coefficient (Wildman–Crippen LogP) is 2.08. The lowest BCUT2D eigenvalue weighted by molar-refractivity contribution is -0.0891. The zero-order valence-electron chi connectivity index (χ0n) is 12.8. The van der Waals surface area contributed by atoms with E-state index in [1.54, 1.807) is 5.41 Å². The zero-order valence-corrected chi connectivity index (χ0v) is 13.7. The van der Waals surface area contributed by atoms with E-state index < -0.39 is 9.71 Å². The summed E-state index contributed by atoms with van der Waals surface area (Å²) in [7, 11) is -2.34. The van der Waals surface area contributed by atoms with Gasteiger partial charge in [0.05, 0.1) is 16.3 Å². The van der Waals surface area contributed by atoms with E-state index in [2.05, 4.69) is 17.7 Å². The molecule has 1 unspecified atom stereocenters. The van der Waals surface area contributed by atoms with Crippen LogP contribution >= 0.6 is 0 Å². The molecule has 2 aliphatic heterocycles. The first kappa shape index (κ1) is 16.0. The van der Waals surface area contributed by atoms with Crippen LogP contribution in [0.4, 0.5) is 0 Å². The van der Waals surface area contributed by atoms with Crippen LogP contribution in [-0.4, -0.2) is 57.8 Å². The average Bonchev–Trinajstić information content (AvgIpc) is 2.83. The SMILES string of the molecule is C=S(=O)(/C=C/C)N1CCOC12CCN(CCCC)CC2. The van der Waals surface area contributed by atoms with Crippen LogP contribution in [0.3, 0.4) is 0 Å². The summed E-state index contributed by atoms with van der Waals surface area (Å²) in [6.45, 7) is 8.73. The predicted molar refractivity (Wildman–Crippen MR) is 86.0 cm³/mol. The highest BCUT2D eigenvalue weighted by molar-refractivity contribution is 8.00. The van der Waals surface area contributed by atoms with Crippen LogP contribution in [0.5, 0.6) is 0 Å². The fourth-order valence-electron chi connectivity index (χ4n) is 3.22.